The maximum atomic E-state index is 12.5. The lowest BCUT2D eigenvalue weighted by Crippen LogP contribution is -2.27. The van der Waals surface area contributed by atoms with Crippen molar-refractivity contribution in [3.05, 3.63) is 103 Å². The van der Waals surface area contributed by atoms with E-state index in [1.54, 1.807) is 54.9 Å². The number of allylic oxidation sites excluding steroid dienone is 7. The van der Waals surface area contributed by atoms with Crippen LogP contribution in [0.1, 0.15) is 79.2 Å². The van der Waals surface area contributed by atoms with Crippen LogP contribution in [0.5, 0.6) is 0 Å². The molecule has 0 bridgehead atoms. The third kappa shape index (κ3) is 20.4. The normalized spacial score (nSPS) is 12.1. The van der Waals surface area contributed by atoms with Gasteiger partial charge in [-0.2, -0.15) is 0 Å². The summed E-state index contributed by atoms with van der Waals surface area (Å²) >= 11 is 0. The highest BCUT2D eigenvalue weighted by Gasteiger charge is 2.25. The highest BCUT2D eigenvalue weighted by molar-refractivity contribution is 5.91. The standard InChI is InChI=1S/C25H35N3O4.C8H11NO.C2H6/c1-7-8-9-18(3)26-24(31)19(4)20-10-12-21(13-11-20)27-23(30)16-25(5,6)15-17(2)14-22(29)28-32;1-3-4-5-6-8(2)9-7-10;1-2/h7-13,17,19,32H,1,3,14-16H2,2,4-6H3,(H,26,31)(H,27,30)(H,28,29);3-7H,2H2,1H3,(H,9,10);1-2H3/b9-8-;4-3-,6-5-;. The summed E-state index contributed by atoms with van der Waals surface area (Å²) in [6.07, 6.45) is 14.0. The minimum atomic E-state index is -0.432. The molecule has 1 rings (SSSR count). The van der Waals surface area contributed by atoms with E-state index in [9.17, 15) is 19.2 Å². The molecule has 0 aliphatic rings. The highest BCUT2D eigenvalue weighted by atomic mass is 16.5. The van der Waals surface area contributed by atoms with Crippen LogP contribution in [0, 0.1) is 11.3 Å². The van der Waals surface area contributed by atoms with Gasteiger partial charge in [0, 0.05) is 29.9 Å². The van der Waals surface area contributed by atoms with Crippen molar-refractivity contribution in [1.29, 1.82) is 0 Å². The first-order valence-electron chi connectivity index (χ1n) is 14.6. The molecule has 9 heteroatoms. The van der Waals surface area contributed by atoms with Gasteiger partial charge in [0.25, 0.3) is 0 Å². The van der Waals surface area contributed by atoms with Gasteiger partial charge in [-0.3, -0.25) is 24.4 Å². The van der Waals surface area contributed by atoms with E-state index >= 15 is 0 Å². The van der Waals surface area contributed by atoms with E-state index in [-0.39, 0.29) is 35.5 Å². The topological polar surface area (TPSA) is 137 Å². The zero-order valence-corrected chi connectivity index (χ0v) is 27.4. The number of nitrogens with one attached hydrogen (secondary N) is 4. The lowest BCUT2D eigenvalue weighted by Gasteiger charge is -2.27. The summed E-state index contributed by atoms with van der Waals surface area (Å²) < 4.78 is 0. The molecular formula is C35H52N4O5. The van der Waals surface area contributed by atoms with Crippen LogP contribution in [0.25, 0.3) is 0 Å². The first kappa shape index (κ1) is 41.6. The van der Waals surface area contributed by atoms with Gasteiger partial charge in [0.2, 0.25) is 24.1 Å². The number of rotatable bonds is 16. The predicted molar refractivity (Wildman–Crippen MR) is 180 cm³/mol. The van der Waals surface area contributed by atoms with Gasteiger partial charge < -0.3 is 16.0 Å². The molecule has 0 aliphatic carbocycles. The van der Waals surface area contributed by atoms with Gasteiger partial charge in [0.15, 0.2) is 0 Å². The Balaban J connectivity index is 0. The van der Waals surface area contributed by atoms with Crippen molar-refractivity contribution in [3.8, 4) is 0 Å². The van der Waals surface area contributed by atoms with Gasteiger partial charge in [0.05, 0.1) is 5.92 Å². The van der Waals surface area contributed by atoms with E-state index < -0.39 is 5.91 Å². The molecule has 242 valence electrons. The molecule has 0 spiro atoms. The molecular weight excluding hydrogens is 556 g/mol. The van der Waals surface area contributed by atoms with Crippen LogP contribution in [-0.4, -0.2) is 29.3 Å². The van der Waals surface area contributed by atoms with E-state index in [1.165, 1.54) is 0 Å². The SMILES string of the molecule is C=C(/C=C\C=C/C)NC=O.C=C/C=C\C(=C)NC(=O)C(C)c1ccc(NC(=O)CC(C)(C)CC(C)CC(=O)NO)cc1.CC. The number of amides is 4. The Bertz CT molecular complexity index is 1160. The number of benzene rings is 1. The Labute approximate surface area is 263 Å². The fraction of sp³-hybridized carbons (Fsp3) is 0.371. The summed E-state index contributed by atoms with van der Waals surface area (Å²) in [7, 11) is 0. The van der Waals surface area contributed by atoms with Gasteiger partial charge in [-0.15, -0.1) is 0 Å². The first-order chi connectivity index (χ1) is 20.8. The molecule has 1 aromatic rings. The molecule has 0 aromatic heterocycles. The molecule has 9 nitrogen and oxygen atoms in total. The summed E-state index contributed by atoms with van der Waals surface area (Å²) in [6, 6.07) is 7.15. The van der Waals surface area contributed by atoms with Crippen molar-refractivity contribution in [1.82, 2.24) is 16.1 Å². The largest absolute Gasteiger partial charge is 0.329 e. The van der Waals surface area contributed by atoms with Crippen molar-refractivity contribution in [2.45, 2.75) is 73.6 Å². The van der Waals surface area contributed by atoms with E-state index in [2.05, 4.69) is 35.7 Å². The lowest BCUT2D eigenvalue weighted by molar-refractivity contribution is -0.130. The lowest BCUT2D eigenvalue weighted by atomic mass is 9.79. The number of hydrogen-bond acceptors (Lipinski definition) is 5. The van der Waals surface area contributed by atoms with Gasteiger partial charge in [-0.25, -0.2) is 5.48 Å². The Kier molecular flexibility index (Phi) is 22.7. The van der Waals surface area contributed by atoms with E-state index in [0.29, 0.717) is 36.3 Å². The number of hydrogen-bond donors (Lipinski definition) is 5. The van der Waals surface area contributed by atoms with Crippen LogP contribution in [-0.2, 0) is 19.2 Å². The summed E-state index contributed by atoms with van der Waals surface area (Å²) in [5.41, 5.74) is 3.87. The molecule has 0 aliphatic heterocycles. The molecule has 0 saturated carbocycles. The Morgan fingerprint density at radius 2 is 1.55 bits per heavy atom. The number of carbonyl (C=O) groups is 4. The first-order valence-corrected chi connectivity index (χ1v) is 14.6. The van der Waals surface area contributed by atoms with Gasteiger partial charge in [-0.05, 0) is 61.4 Å². The number of hydroxylamine groups is 1. The minimum absolute atomic E-state index is 0.0280. The van der Waals surface area contributed by atoms with Crippen LogP contribution in [0.4, 0.5) is 5.69 Å². The van der Waals surface area contributed by atoms with Crippen LogP contribution < -0.4 is 21.4 Å². The van der Waals surface area contributed by atoms with Crippen molar-refractivity contribution < 1.29 is 24.4 Å². The third-order valence-electron chi connectivity index (χ3n) is 5.85. The van der Waals surface area contributed by atoms with Crippen LogP contribution in [0.2, 0.25) is 0 Å². The summed E-state index contributed by atoms with van der Waals surface area (Å²) in [5, 5.41) is 16.7. The van der Waals surface area contributed by atoms with Gasteiger partial charge >= 0.3 is 0 Å². The minimum Gasteiger partial charge on any atom is -0.329 e. The molecule has 2 atom stereocenters. The fourth-order valence-corrected chi connectivity index (χ4v) is 4.00. The maximum Gasteiger partial charge on any atom is 0.243 e. The van der Waals surface area contributed by atoms with E-state index in [4.69, 9.17) is 5.21 Å². The Hall–Kier alpha value is -4.50. The monoisotopic (exact) mass is 608 g/mol. The van der Waals surface area contributed by atoms with Crippen LogP contribution >= 0.6 is 0 Å². The number of carbonyl (C=O) groups excluding carboxylic acids is 4. The second-order valence-electron chi connectivity index (χ2n) is 10.6. The number of anilines is 1. The van der Waals surface area contributed by atoms with Crippen molar-refractivity contribution in [2.24, 2.45) is 11.3 Å². The van der Waals surface area contributed by atoms with Crippen LogP contribution in [0.3, 0.4) is 0 Å². The molecule has 44 heavy (non-hydrogen) atoms. The average molecular weight is 609 g/mol. The smallest absolute Gasteiger partial charge is 0.243 e. The van der Waals surface area contributed by atoms with Crippen molar-refractivity contribution in [2.75, 3.05) is 5.32 Å². The second kappa shape index (κ2) is 24.0. The quantitative estimate of drug-likeness (QED) is 0.0606. The Morgan fingerprint density at radius 1 is 0.955 bits per heavy atom. The molecule has 0 saturated heterocycles. The highest BCUT2D eigenvalue weighted by Crippen LogP contribution is 2.31. The molecule has 4 amide bonds. The molecule has 1 aromatic carbocycles. The Morgan fingerprint density at radius 3 is 2.07 bits per heavy atom. The summed E-state index contributed by atoms with van der Waals surface area (Å²) in [4.78, 5) is 46.0. The summed E-state index contributed by atoms with van der Waals surface area (Å²) in [6.45, 7) is 24.5. The molecule has 5 N–H and O–H groups in total. The maximum absolute atomic E-state index is 12.5. The van der Waals surface area contributed by atoms with E-state index in [0.717, 1.165) is 5.56 Å². The van der Waals surface area contributed by atoms with Crippen molar-refractivity contribution >= 4 is 29.8 Å². The molecule has 2 unspecified atom stereocenters. The second-order valence-corrected chi connectivity index (χ2v) is 10.6. The van der Waals surface area contributed by atoms with Crippen LogP contribution in [0.15, 0.2) is 97.9 Å². The molecule has 0 heterocycles. The molecule has 0 radical (unpaired) electrons. The fourth-order valence-electron chi connectivity index (χ4n) is 4.00. The third-order valence-corrected chi connectivity index (χ3v) is 5.85. The molecule has 0 fully saturated rings. The summed E-state index contributed by atoms with van der Waals surface area (Å²) in [5.74, 6) is -1.09. The van der Waals surface area contributed by atoms with Gasteiger partial charge in [-0.1, -0.05) is 96.9 Å². The predicted octanol–water partition coefficient (Wildman–Crippen LogP) is 6.84. The van der Waals surface area contributed by atoms with Gasteiger partial charge in [0.1, 0.15) is 0 Å². The average Bonchev–Trinajstić information content (AvgIpc) is 2.96. The zero-order valence-electron chi connectivity index (χ0n) is 27.4. The van der Waals surface area contributed by atoms with Crippen molar-refractivity contribution in [3.63, 3.8) is 0 Å². The van der Waals surface area contributed by atoms with E-state index in [1.807, 2.05) is 65.8 Å². The zero-order chi connectivity index (χ0) is 34.1.